The van der Waals surface area contributed by atoms with Crippen molar-refractivity contribution in [1.82, 2.24) is 0 Å². The van der Waals surface area contributed by atoms with Gasteiger partial charge in [-0.15, -0.1) is 0 Å². The largest absolute Gasteiger partial charge is 0.462 e. The molecule has 0 aliphatic carbocycles. The minimum atomic E-state index is -0.344. The smallest absolute Gasteiger partial charge is 0.338 e. The molecule has 4 heteroatoms. The van der Waals surface area contributed by atoms with E-state index in [0.29, 0.717) is 30.2 Å². The fourth-order valence-corrected chi connectivity index (χ4v) is 1.92. The molecule has 0 aliphatic rings. The average molecular weight is 301 g/mol. The molecule has 0 aliphatic heterocycles. The highest BCUT2D eigenvalue weighted by Crippen LogP contribution is 2.15. The summed E-state index contributed by atoms with van der Waals surface area (Å²) in [5.41, 5.74) is 1.82. The molecule has 0 heterocycles. The van der Waals surface area contributed by atoms with E-state index in [4.69, 9.17) is 4.74 Å². The van der Waals surface area contributed by atoms with E-state index in [9.17, 15) is 9.18 Å². The van der Waals surface area contributed by atoms with E-state index in [2.05, 4.69) is 5.32 Å². The summed E-state index contributed by atoms with van der Waals surface area (Å²) in [7, 11) is 0. The Balaban J connectivity index is 1.99. The van der Waals surface area contributed by atoms with Gasteiger partial charge in [0.15, 0.2) is 0 Å². The van der Waals surface area contributed by atoms with Crippen molar-refractivity contribution in [1.29, 1.82) is 0 Å². The van der Waals surface area contributed by atoms with E-state index in [1.54, 1.807) is 36.4 Å². The van der Waals surface area contributed by atoms with E-state index in [1.165, 1.54) is 6.07 Å². The van der Waals surface area contributed by atoms with E-state index >= 15 is 0 Å². The Bertz CT molecular complexity index is 640. The van der Waals surface area contributed by atoms with Crippen LogP contribution in [0, 0.1) is 11.7 Å². The molecule has 2 aromatic rings. The number of benzene rings is 2. The van der Waals surface area contributed by atoms with Gasteiger partial charge in [-0.25, -0.2) is 9.18 Å². The third-order valence-electron chi connectivity index (χ3n) is 3.09. The number of carbonyl (C=O) groups excluding carboxylic acids is 1. The quantitative estimate of drug-likeness (QED) is 0.811. The SMILES string of the molecule is CC(C)COC(=O)c1cccc(NCc2ccccc2F)c1. The number of esters is 1. The Morgan fingerprint density at radius 3 is 2.68 bits per heavy atom. The van der Waals surface area contributed by atoms with E-state index in [1.807, 2.05) is 19.9 Å². The number of nitrogens with one attached hydrogen (secondary N) is 1. The zero-order valence-corrected chi connectivity index (χ0v) is 12.8. The number of rotatable bonds is 6. The number of hydrogen-bond acceptors (Lipinski definition) is 3. The number of hydrogen-bond donors (Lipinski definition) is 1. The topological polar surface area (TPSA) is 38.3 Å². The van der Waals surface area contributed by atoms with Gasteiger partial charge in [0.25, 0.3) is 0 Å². The van der Waals surface area contributed by atoms with Crippen LogP contribution in [0.1, 0.15) is 29.8 Å². The number of halogens is 1. The van der Waals surface area contributed by atoms with Crippen molar-refractivity contribution in [3.05, 3.63) is 65.5 Å². The molecular weight excluding hydrogens is 281 g/mol. The zero-order chi connectivity index (χ0) is 15.9. The second-order valence-corrected chi connectivity index (χ2v) is 5.52. The highest BCUT2D eigenvalue weighted by Gasteiger charge is 2.09. The molecule has 3 nitrogen and oxygen atoms in total. The maximum atomic E-state index is 13.6. The molecule has 0 spiro atoms. The molecule has 0 saturated heterocycles. The summed E-state index contributed by atoms with van der Waals surface area (Å²) >= 11 is 0. The molecular formula is C18H20FNO2. The highest BCUT2D eigenvalue weighted by atomic mass is 19.1. The van der Waals surface area contributed by atoms with Crippen molar-refractivity contribution in [3.8, 4) is 0 Å². The second kappa shape index (κ2) is 7.59. The predicted octanol–water partition coefficient (Wildman–Crippen LogP) is 4.25. The maximum absolute atomic E-state index is 13.6. The van der Waals surface area contributed by atoms with Gasteiger partial charge in [0.05, 0.1) is 12.2 Å². The molecule has 0 aromatic heterocycles. The lowest BCUT2D eigenvalue weighted by molar-refractivity contribution is 0.0459. The normalized spacial score (nSPS) is 10.5. The van der Waals surface area contributed by atoms with Gasteiger partial charge in [-0.3, -0.25) is 0 Å². The first-order valence-electron chi connectivity index (χ1n) is 7.30. The summed E-state index contributed by atoms with van der Waals surface area (Å²) in [4.78, 5) is 11.9. The van der Waals surface area contributed by atoms with Crippen molar-refractivity contribution in [2.45, 2.75) is 20.4 Å². The van der Waals surface area contributed by atoms with E-state index < -0.39 is 0 Å². The predicted molar refractivity (Wildman–Crippen MR) is 85.3 cm³/mol. The summed E-state index contributed by atoms with van der Waals surface area (Å²) in [5.74, 6) is -0.294. The summed E-state index contributed by atoms with van der Waals surface area (Å²) in [6, 6.07) is 13.6. The third-order valence-corrected chi connectivity index (χ3v) is 3.09. The van der Waals surface area contributed by atoms with E-state index in [-0.39, 0.29) is 11.8 Å². The molecule has 0 saturated carbocycles. The molecule has 0 bridgehead atoms. The van der Waals surface area contributed by atoms with Gasteiger partial charge < -0.3 is 10.1 Å². The Morgan fingerprint density at radius 1 is 1.18 bits per heavy atom. The minimum Gasteiger partial charge on any atom is -0.462 e. The maximum Gasteiger partial charge on any atom is 0.338 e. The van der Waals surface area contributed by atoms with Crippen molar-refractivity contribution in [3.63, 3.8) is 0 Å². The van der Waals surface area contributed by atoms with Crippen molar-refractivity contribution >= 4 is 11.7 Å². The van der Waals surface area contributed by atoms with Crippen LogP contribution in [0.15, 0.2) is 48.5 Å². The monoisotopic (exact) mass is 301 g/mol. The molecule has 0 amide bonds. The Kier molecular flexibility index (Phi) is 5.53. The van der Waals surface area contributed by atoms with Crippen molar-refractivity contribution in [2.75, 3.05) is 11.9 Å². The van der Waals surface area contributed by atoms with Crippen molar-refractivity contribution < 1.29 is 13.9 Å². The average Bonchev–Trinajstić information content (AvgIpc) is 2.52. The van der Waals surface area contributed by atoms with Crippen LogP contribution in [-0.2, 0) is 11.3 Å². The Hall–Kier alpha value is -2.36. The van der Waals surface area contributed by atoms with Crippen LogP contribution in [0.2, 0.25) is 0 Å². The molecule has 116 valence electrons. The van der Waals surface area contributed by atoms with Gasteiger partial charge in [0.2, 0.25) is 0 Å². The van der Waals surface area contributed by atoms with Gasteiger partial charge in [0, 0.05) is 17.8 Å². The lowest BCUT2D eigenvalue weighted by atomic mass is 10.1. The first-order valence-corrected chi connectivity index (χ1v) is 7.30. The minimum absolute atomic E-state index is 0.248. The molecule has 0 unspecified atom stereocenters. The summed E-state index contributed by atoms with van der Waals surface area (Å²) in [5, 5.41) is 3.11. The fourth-order valence-electron chi connectivity index (χ4n) is 1.92. The Morgan fingerprint density at radius 2 is 1.95 bits per heavy atom. The van der Waals surface area contributed by atoms with Gasteiger partial charge in [-0.05, 0) is 30.2 Å². The first-order chi connectivity index (χ1) is 10.6. The molecule has 2 rings (SSSR count). The van der Waals surface area contributed by atoms with Crippen LogP contribution in [0.4, 0.5) is 10.1 Å². The lowest BCUT2D eigenvalue weighted by Gasteiger charge is -2.10. The Labute approximate surface area is 130 Å². The molecule has 0 fully saturated rings. The zero-order valence-electron chi connectivity index (χ0n) is 12.8. The molecule has 1 N–H and O–H groups in total. The van der Waals surface area contributed by atoms with Crippen LogP contribution in [0.5, 0.6) is 0 Å². The van der Waals surface area contributed by atoms with Crippen LogP contribution in [0.3, 0.4) is 0 Å². The van der Waals surface area contributed by atoms with Gasteiger partial charge in [-0.2, -0.15) is 0 Å². The lowest BCUT2D eigenvalue weighted by Crippen LogP contribution is -2.10. The van der Waals surface area contributed by atoms with Gasteiger partial charge >= 0.3 is 5.97 Å². The standard InChI is InChI=1S/C18H20FNO2/c1-13(2)12-22-18(21)14-7-5-8-16(10-14)20-11-15-6-3-4-9-17(15)19/h3-10,13,20H,11-12H2,1-2H3. The van der Waals surface area contributed by atoms with Crippen molar-refractivity contribution in [2.24, 2.45) is 5.92 Å². The molecule has 0 radical (unpaired) electrons. The molecule has 0 atom stereocenters. The van der Waals surface area contributed by atoms with Crippen LogP contribution >= 0.6 is 0 Å². The highest BCUT2D eigenvalue weighted by molar-refractivity contribution is 5.90. The molecule has 22 heavy (non-hydrogen) atoms. The third kappa shape index (κ3) is 4.58. The first kappa shape index (κ1) is 16.0. The number of anilines is 1. The summed E-state index contributed by atoms with van der Waals surface area (Å²) in [6.45, 7) is 4.72. The van der Waals surface area contributed by atoms with Crippen LogP contribution < -0.4 is 5.32 Å². The number of carbonyl (C=O) groups is 1. The summed E-state index contributed by atoms with van der Waals surface area (Å²) in [6.07, 6.45) is 0. The second-order valence-electron chi connectivity index (χ2n) is 5.52. The van der Waals surface area contributed by atoms with Gasteiger partial charge in [0.1, 0.15) is 5.82 Å². The number of ether oxygens (including phenoxy) is 1. The van der Waals surface area contributed by atoms with Crippen LogP contribution in [-0.4, -0.2) is 12.6 Å². The summed E-state index contributed by atoms with van der Waals surface area (Å²) < 4.78 is 18.8. The van der Waals surface area contributed by atoms with Crippen LogP contribution in [0.25, 0.3) is 0 Å². The fraction of sp³-hybridized carbons (Fsp3) is 0.278. The molecule has 2 aromatic carbocycles. The van der Waals surface area contributed by atoms with E-state index in [0.717, 1.165) is 5.69 Å². The van der Waals surface area contributed by atoms with Gasteiger partial charge in [-0.1, -0.05) is 38.1 Å².